The van der Waals surface area contributed by atoms with E-state index in [2.05, 4.69) is 0 Å². The molecule has 0 bridgehead atoms. The summed E-state index contributed by atoms with van der Waals surface area (Å²) in [6, 6.07) is 5.85. The van der Waals surface area contributed by atoms with Gasteiger partial charge in [0.05, 0.1) is 11.1 Å². The minimum absolute atomic E-state index is 0.211. The van der Waals surface area contributed by atoms with Gasteiger partial charge in [-0.1, -0.05) is 6.07 Å². The summed E-state index contributed by atoms with van der Waals surface area (Å²) in [7, 11) is 0. The molecule has 3 amide bonds. The third-order valence-corrected chi connectivity index (χ3v) is 4.10. The van der Waals surface area contributed by atoms with Gasteiger partial charge in [-0.05, 0) is 18.2 Å². The van der Waals surface area contributed by atoms with Gasteiger partial charge in [0, 0.05) is 21.9 Å². The maximum absolute atomic E-state index is 12.2. The average molecular weight is 298 g/mol. The number of aliphatic hydroxyl groups is 1. The first-order chi connectivity index (χ1) is 10.4. The van der Waals surface area contributed by atoms with Crippen LogP contribution in [0, 0.1) is 0 Å². The van der Waals surface area contributed by atoms with Crippen LogP contribution in [0.2, 0.25) is 0 Å². The third kappa shape index (κ3) is 1.29. The first-order valence-electron chi connectivity index (χ1n) is 6.43. The summed E-state index contributed by atoms with van der Waals surface area (Å²) in [4.78, 5) is 36.5. The Hall–Kier alpha value is -2.81. The zero-order valence-electron chi connectivity index (χ0n) is 11.1. The van der Waals surface area contributed by atoms with Crippen molar-refractivity contribution in [2.24, 2.45) is 11.7 Å². The van der Waals surface area contributed by atoms with Gasteiger partial charge >= 0.3 is 0 Å². The number of hydrazine groups is 2. The number of nitrogens with zero attached hydrogens (tertiary/aromatic N) is 2. The zero-order valence-corrected chi connectivity index (χ0v) is 11.1. The van der Waals surface area contributed by atoms with Crippen LogP contribution in [-0.2, 0) is 0 Å². The van der Waals surface area contributed by atoms with Crippen molar-refractivity contribution in [3.8, 4) is 0 Å². The first kappa shape index (κ1) is 12.9. The maximum Gasteiger partial charge on any atom is 0.275 e. The number of imide groups is 1. The Balaban J connectivity index is 2.21. The summed E-state index contributed by atoms with van der Waals surface area (Å²) < 4.78 is 0. The second-order valence-electron chi connectivity index (χ2n) is 5.18. The van der Waals surface area contributed by atoms with Gasteiger partial charge < -0.3 is 5.11 Å². The van der Waals surface area contributed by atoms with Crippen LogP contribution in [0.5, 0.6) is 0 Å². The number of carbonyl (C=O) groups excluding carboxylic acids is 3. The molecule has 110 valence electrons. The van der Waals surface area contributed by atoms with Gasteiger partial charge in [0.15, 0.2) is 6.23 Å². The van der Waals surface area contributed by atoms with Gasteiger partial charge in [0.25, 0.3) is 17.7 Å². The van der Waals surface area contributed by atoms with Crippen LogP contribution in [0.1, 0.15) is 42.9 Å². The van der Waals surface area contributed by atoms with E-state index in [1.807, 2.05) is 0 Å². The molecular weight excluding hydrogens is 288 g/mol. The molecule has 1 atom stereocenters. The second-order valence-corrected chi connectivity index (χ2v) is 5.18. The molecule has 2 aromatic carbocycles. The fraction of sp³-hybridized carbons (Fsp3) is 0.0714. The lowest BCUT2D eigenvalue weighted by Gasteiger charge is -2.32. The number of hydrogen-bond acceptors (Lipinski definition) is 6. The summed E-state index contributed by atoms with van der Waals surface area (Å²) in [5.41, 5.74) is 1.02. The molecule has 1 unspecified atom stereocenters. The molecule has 8 nitrogen and oxygen atoms in total. The summed E-state index contributed by atoms with van der Waals surface area (Å²) in [5, 5.41) is 12.1. The van der Waals surface area contributed by atoms with Gasteiger partial charge in [-0.25, -0.2) is 21.7 Å². The largest absolute Gasteiger partial charge is 0.368 e. The summed E-state index contributed by atoms with van der Waals surface area (Å²) in [5.74, 6) is 9.19. The topological polar surface area (TPSA) is 130 Å². The van der Waals surface area contributed by atoms with E-state index in [0.717, 1.165) is 0 Å². The number of rotatable bonds is 0. The number of carbonyl (C=O) groups is 3. The van der Waals surface area contributed by atoms with Crippen molar-refractivity contribution >= 4 is 28.5 Å². The molecule has 0 aromatic heterocycles. The van der Waals surface area contributed by atoms with Gasteiger partial charge in [0.1, 0.15) is 0 Å². The van der Waals surface area contributed by atoms with E-state index in [4.69, 9.17) is 11.7 Å². The first-order valence-corrected chi connectivity index (χ1v) is 6.43. The van der Waals surface area contributed by atoms with Crippen LogP contribution >= 0.6 is 0 Å². The van der Waals surface area contributed by atoms with Gasteiger partial charge in [0.2, 0.25) is 0 Å². The maximum atomic E-state index is 12.2. The Morgan fingerprint density at radius 2 is 1.32 bits per heavy atom. The van der Waals surface area contributed by atoms with Gasteiger partial charge in [-0.2, -0.15) is 0 Å². The summed E-state index contributed by atoms with van der Waals surface area (Å²) in [6.07, 6.45) is -1.34. The highest BCUT2D eigenvalue weighted by Crippen LogP contribution is 2.39. The second kappa shape index (κ2) is 3.89. The Labute approximate surface area is 123 Å². The van der Waals surface area contributed by atoms with Crippen molar-refractivity contribution in [3.05, 3.63) is 46.5 Å². The van der Waals surface area contributed by atoms with Crippen molar-refractivity contribution in [1.29, 1.82) is 0 Å². The van der Waals surface area contributed by atoms with Crippen molar-refractivity contribution in [2.75, 3.05) is 0 Å². The monoisotopic (exact) mass is 298 g/mol. The lowest BCUT2D eigenvalue weighted by Crippen LogP contribution is -2.46. The van der Waals surface area contributed by atoms with E-state index in [1.165, 1.54) is 24.3 Å². The standard InChI is InChI=1S/C14H10N4O4/c15-17-11(19)5-1-2-6-10-8(14(22)18(16)12(6)20)4-3-7(9(5)10)13(17)21/h1-4,11,19H,15-16H2. The molecular formula is C14H10N4O4. The van der Waals surface area contributed by atoms with E-state index < -0.39 is 23.9 Å². The predicted molar refractivity (Wildman–Crippen MR) is 74.0 cm³/mol. The number of hydrogen-bond donors (Lipinski definition) is 3. The lowest BCUT2D eigenvalue weighted by atomic mass is 9.86. The highest BCUT2D eigenvalue weighted by molar-refractivity contribution is 6.28. The van der Waals surface area contributed by atoms with Crippen LogP contribution in [0.3, 0.4) is 0 Å². The lowest BCUT2D eigenvalue weighted by molar-refractivity contribution is 0.00429. The van der Waals surface area contributed by atoms with Gasteiger partial charge in [-0.3, -0.25) is 14.4 Å². The molecule has 2 aromatic rings. The fourth-order valence-electron chi connectivity index (χ4n) is 3.02. The molecule has 2 aliphatic heterocycles. The normalized spacial score (nSPS) is 20.1. The van der Waals surface area contributed by atoms with Crippen molar-refractivity contribution in [3.63, 3.8) is 0 Å². The van der Waals surface area contributed by atoms with Crippen LogP contribution in [0.4, 0.5) is 0 Å². The van der Waals surface area contributed by atoms with Crippen LogP contribution in [-0.4, -0.2) is 32.8 Å². The zero-order chi connectivity index (χ0) is 15.8. The van der Waals surface area contributed by atoms with Crippen molar-refractivity contribution < 1.29 is 19.5 Å². The Morgan fingerprint density at radius 1 is 0.818 bits per heavy atom. The molecule has 5 N–H and O–H groups in total. The number of nitrogens with two attached hydrogens (primary N) is 2. The number of amides is 3. The average Bonchev–Trinajstić information content (AvgIpc) is 2.53. The molecule has 2 aliphatic rings. The number of benzene rings is 2. The minimum Gasteiger partial charge on any atom is -0.368 e. The molecule has 0 radical (unpaired) electrons. The van der Waals surface area contributed by atoms with Crippen LogP contribution in [0.15, 0.2) is 24.3 Å². The third-order valence-electron chi connectivity index (χ3n) is 4.10. The van der Waals surface area contributed by atoms with E-state index in [-0.39, 0.29) is 16.7 Å². The van der Waals surface area contributed by atoms with Gasteiger partial charge in [-0.15, -0.1) is 0 Å². The predicted octanol–water partition coefficient (Wildman–Crippen LogP) is -0.370. The van der Waals surface area contributed by atoms with Crippen molar-refractivity contribution in [2.45, 2.75) is 6.23 Å². The summed E-state index contributed by atoms with van der Waals surface area (Å²) >= 11 is 0. The Morgan fingerprint density at radius 3 is 1.91 bits per heavy atom. The number of aliphatic hydroxyl groups excluding tert-OH is 1. The molecule has 0 saturated heterocycles. The van der Waals surface area contributed by atoms with E-state index >= 15 is 0 Å². The quantitative estimate of drug-likeness (QED) is 0.345. The highest BCUT2D eigenvalue weighted by Gasteiger charge is 2.37. The molecule has 4 rings (SSSR count). The fourth-order valence-corrected chi connectivity index (χ4v) is 3.02. The minimum atomic E-state index is -1.34. The SMILES string of the molecule is NN1C(=O)c2ccc3c4c(ccc(c24)C1=O)C(O)N(N)C3=O. The molecule has 0 fully saturated rings. The van der Waals surface area contributed by atoms with E-state index in [0.29, 0.717) is 26.4 Å². The van der Waals surface area contributed by atoms with Crippen LogP contribution < -0.4 is 11.7 Å². The molecule has 0 saturated carbocycles. The molecule has 22 heavy (non-hydrogen) atoms. The van der Waals surface area contributed by atoms with Crippen LogP contribution in [0.25, 0.3) is 10.8 Å². The Bertz CT molecular complexity index is 885. The van der Waals surface area contributed by atoms with E-state index in [9.17, 15) is 19.5 Å². The Kier molecular flexibility index (Phi) is 2.28. The summed E-state index contributed by atoms with van der Waals surface area (Å²) in [6.45, 7) is 0. The van der Waals surface area contributed by atoms with E-state index in [1.54, 1.807) is 0 Å². The molecule has 2 heterocycles. The molecule has 0 spiro atoms. The highest BCUT2D eigenvalue weighted by atomic mass is 16.3. The smallest absolute Gasteiger partial charge is 0.275 e. The molecule has 8 heteroatoms. The van der Waals surface area contributed by atoms with Crippen molar-refractivity contribution in [1.82, 2.24) is 10.0 Å². The molecule has 0 aliphatic carbocycles.